The number of amides is 1. The van der Waals surface area contributed by atoms with Crippen LogP contribution in [0.25, 0.3) is 22.0 Å². The van der Waals surface area contributed by atoms with Gasteiger partial charge in [0.1, 0.15) is 0 Å². The summed E-state index contributed by atoms with van der Waals surface area (Å²) in [6.45, 7) is 3.12. The minimum atomic E-state index is 0.110. The summed E-state index contributed by atoms with van der Waals surface area (Å²) in [5.41, 5.74) is 13.9. The average Bonchev–Trinajstić information content (AvgIpc) is 3.40. The summed E-state index contributed by atoms with van der Waals surface area (Å²) >= 11 is 0. The Bertz CT molecular complexity index is 1300. The molecule has 1 fully saturated rings. The summed E-state index contributed by atoms with van der Waals surface area (Å²) in [5.74, 6) is 0.110. The summed E-state index contributed by atoms with van der Waals surface area (Å²) in [7, 11) is 0. The second-order valence-electron chi connectivity index (χ2n) is 8.44. The molecule has 31 heavy (non-hydrogen) atoms. The van der Waals surface area contributed by atoms with Gasteiger partial charge in [-0.15, -0.1) is 0 Å². The Morgan fingerprint density at radius 1 is 0.871 bits per heavy atom. The first kappa shape index (κ1) is 18.2. The van der Waals surface area contributed by atoms with Crippen LogP contribution in [0.5, 0.6) is 0 Å². The van der Waals surface area contributed by atoms with Crippen LogP contribution in [-0.2, 0) is 0 Å². The number of carbonyl (C=O) groups is 1. The molecule has 0 saturated carbocycles. The van der Waals surface area contributed by atoms with Crippen LogP contribution in [0, 0.1) is 0 Å². The number of carbonyl (C=O) groups excluding carboxylic acids is 1. The Balaban J connectivity index is 1.24. The van der Waals surface area contributed by atoms with Crippen LogP contribution in [0.4, 0.5) is 5.69 Å². The van der Waals surface area contributed by atoms with Gasteiger partial charge in [-0.05, 0) is 58.7 Å². The summed E-state index contributed by atoms with van der Waals surface area (Å²) in [5, 5.41) is 1.07. The van der Waals surface area contributed by atoms with Gasteiger partial charge in [0.2, 0.25) is 0 Å². The number of nitrogen functional groups attached to an aromatic ring is 1. The molecule has 1 saturated heterocycles. The first-order valence-corrected chi connectivity index (χ1v) is 10.8. The monoisotopic (exact) mass is 408 g/mol. The molecule has 2 heterocycles. The molecular weight excluding hydrogens is 384 g/mol. The number of benzene rings is 3. The lowest BCUT2D eigenvalue weighted by Crippen LogP contribution is -2.49. The van der Waals surface area contributed by atoms with Gasteiger partial charge >= 0.3 is 0 Å². The van der Waals surface area contributed by atoms with Crippen LogP contribution in [0.3, 0.4) is 0 Å². The van der Waals surface area contributed by atoms with Gasteiger partial charge in [0.15, 0.2) is 0 Å². The Hall–Kier alpha value is -3.57. The maximum absolute atomic E-state index is 13.1. The summed E-state index contributed by atoms with van der Waals surface area (Å²) in [4.78, 5) is 20.8. The lowest BCUT2D eigenvalue weighted by molar-refractivity contribution is 0.0600. The van der Waals surface area contributed by atoms with Crippen molar-refractivity contribution < 1.29 is 4.79 Å². The molecule has 0 radical (unpaired) electrons. The number of nitrogens with two attached hydrogens (primary N) is 1. The van der Waals surface area contributed by atoms with E-state index in [4.69, 9.17) is 5.73 Å². The largest absolute Gasteiger partial charge is 0.399 e. The van der Waals surface area contributed by atoms with E-state index < -0.39 is 0 Å². The molecule has 4 aromatic rings. The SMILES string of the molecule is Nc1ccc2c(c1)C(N1CCN(C(=O)c3ccc4[nH]ccc4c3)CC1)c1ccccc1-2. The highest BCUT2D eigenvalue weighted by atomic mass is 16.2. The number of nitrogens with one attached hydrogen (secondary N) is 1. The normalized spacial score (nSPS) is 18.2. The second kappa shape index (κ2) is 7.00. The fourth-order valence-electron chi connectivity index (χ4n) is 5.15. The first-order valence-electron chi connectivity index (χ1n) is 10.8. The number of rotatable bonds is 2. The Labute approximate surface area is 181 Å². The molecule has 1 aliphatic carbocycles. The molecule has 5 heteroatoms. The molecule has 154 valence electrons. The van der Waals surface area contributed by atoms with Crippen LogP contribution < -0.4 is 5.73 Å². The smallest absolute Gasteiger partial charge is 0.253 e. The van der Waals surface area contributed by atoms with Crippen LogP contribution >= 0.6 is 0 Å². The number of aromatic amines is 1. The van der Waals surface area contributed by atoms with Crippen molar-refractivity contribution in [1.29, 1.82) is 0 Å². The average molecular weight is 409 g/mol. The lowest BCUT2D eigenvalue weighted by atomic mass is 10.0. The van der Waals surface area contributed by atoms with Gasteiger partial charge in [0.05, 0.1) is 6.04 Å². The van der Waals surface area contributed by atoms with E-state index in [1.165, 1.54) is 22.3 Å². The third-order valence-electron chi connectivity index (χ3n) is 6.68. The van der Waals surface area contributed by atoms with E-state index >= 15 is 0 Å². The van der Waals surface area contributed by atoms with E-state index in [0.29, 0.717) is 0 Å². The maximum Gasteiger partial charge on any atom is 0.253 e. The lowest BCUT2D eigenvalue weighted by Gasteiger charge is -2.38. The highest BCUT2D eigenvalue weighted by Gasteiger charge is 2.35. The Morgan fingerprint density at radius 3 is 2.55 bits per heavy atom. The zero-order valence-electron chi connectivity index (χ0n) is 17.2. The molecule has 1 aliphatic heterocycles. The van der Waals surface area contributed by atoms with Crippen molar-refractivity contribution >= 4 is 22.5 Å². The van der Waals surface area contributed by atoms with E-state index in [1.807, 2.05) is 41.4 Å². The van der Waals surface area contributed by atoms with Crippen LogP contribution in [0.1, 0.15) is 27.5 Å². The predicted octanol–water partition coefficient (Wildman–Crippen LogP) is 4.28. The van der Waals surface area contributed by atoms with Gasteiger partial charge < -0.3 is 15.6 Å². The number of hydrogen-bond acceptors (Lipinski definition) is 3. The third kappa shape index (κ3) is 2.93. The number of nitrogens with zero attached hydrogens (tertiary/aromatic N) is 2. The van der Waals surface area contributed by atoms with Crippen molar-refractivity contribution in [3.63, 3.8) is 0 Å². The van der Waals surface area contributed by atoms with Gasteiger partial charge in [-0.1, -0.05) is 30.3 Å². The molecule has 0 bridgehead atoms. The number of piperazine rings is 1. The molecule has 5 nitrogen and oxygen atoms in total. The number of H-pyrrole nitrogens is 1. The minimum absolute atomic E-state index is 0.110. The van der Waals surface area contributed by atoms with Crippen LogP contribution in [0.2, 0.25) is 0 Å². The molecule has 1 unspecified atom stereocenters. The van der Waals surface area contributed by atoms with E-state index in [0.717, 1.165) is 48.3 Å². The van der Waals surface area contributed by atoms with Crippen molar-refractivity contribution in [1.82, 2.24) is 14.8 Å². The number of anilines is 1. The molecule has 1 atom stereocenters. The van der Waals surface area contributed by atoms with Gasteiger partial charge in [-0.25, -0.2) is 0 Å². The highest BCUT2D eigenvalue weighted by molar-refractivity contribution is 5.98. The Kier molecular flexibility index (Phi) is 4.11. The van der Waals surface area contributed by atoms with E-state index in [-0.39, 0.29) is 11.9 Å². The van der Waals surface area contributed by atoms with Gasteiger partial charge in [0, 0.05) is 54.5 Å². The zero-order valence-corrected chi connectivity index (χ0v) is 17.2. The number of fused-ring (bicyclic) bond motifs is 4. The fraction of sp³-hybridized carbons (Fsp3) is 0.192. The molecular formula is C26H24N4O. The zero-order chi connectivity index (χ0) is 20.9. The van der Waals surface area contributed by atoms with E-state index in [9.17, 15) is 4.79 Å². The molecule has 1 amide bonds. The van der Waals surface area contributed by atoms with Gasteiger partial charge in [-0.3, -0.25) is 9.69 Å². The van der Waals surface area contributed by atoms with Crippen molar-refractivity contribution in [2.24, 2.45) is 0 Å². The van der Waals surface area contributed by atoms with E-state index in [2.05, 4.69) is 46.3 Å². The van der Waals surface area contributed by atoms with Crippen molar-refractivity contribution in [3.8, 4) is 11.1 Å². The van der Waals surface area contributed by atoms with Crippen LogP contribution in [-0.4, -0.2) is 46.9 Å². The van der Waals surface area contributed by atoms with Crippen molar-refractivity contribution in [3.05, 3.63) is 89.6 Å². The Morgan fingerprint density at radius 2 is 1.68 bits per heavy atom. The molecule has 2 aliphatic rings. The number of aromatic nitrogens is 1. The molecule has 0 spiro atoms. The maximum atomic E-state index is 13.1. The van der Waals surface area contributed by atoms with Gasteiger partial charge in [0.25, 0.3) is 5.91 Å². The standard InChI is InChI=1S/C26H24N4O/c27-19-6-7-21-20-3-1-2-4-22(20)25(23(21)16-19)29-11-13-30(14-12-29)26(31)18-5-8-24-17(15-18)9-10-28-24/h1-10,15-16,25,28H,11-14,27H2. The molecule has 3 N–H and O–H groups in total. The summed E-state index contributed by atoms with van der Waals surface area (Å²) in [6, 6.07) is 22.9. The molecule has 3 aromatic carbocycles. The topological polar surface area (TPSA) is 65.4 Å². The fourth-order valence-corrected chi connectivity index (χ4v) is 5.15. The predicted molar refractivity (Wildman–Crippen MR) is 124 cm³/mol. The molecule has 6 rings (SSSR count). The van der Waals surface area contributed by atoms with Crippen molar-refractivity contribution in [2.45, 2.75) is 6.04 Å². The quantitative estimate of drug-likeness (QED) is 0.487. The third-order valence-corrected chi connectivity index (χ3v) is 6.68. The first-order chi connectivity index (χ1) is 15.2. The minimum Gasteiger partial charge on any atom is -0.399 e. The summed E-state index contributed by atoms with van der Waals surface area (Å²) in [6.07, 6.45) is 1.90. The van der Waals surface area contributed by atoms with Crippen LogP contribution in [0.15, 0.2) is 72.9 Å². The van der Waals surface area contributed by atoms with Gasteiger partial charge in [-0.2, -0.15) is 0 Å². The van der Waals surface area contributed by atoms with E-state index in [1.54, 1.807) is 0 Å². The molecule has 1 aromatic heterocycles. The highest BCUT2D eigenvalue weighted by Crippen LogP contribution is 2.47. The summed E-state index contributed by atoms with van der Waals surface area (Å²) < 4.78 is 0. The van der Waals surface area contributed by atoms with Crippen molar-refractivity contribution in [2.75, 3.05) is 31.9 Å². The second-order valence-corrected chi connectivity index (χ2v) is 8.44. The number of hydrogen-bond donors (Lipinski definition) is 2.